The van der Waals surface area contributed by atoms with E-state index < -0.39 is 0 Å². The average Bonchev–Trinajstić information content (AvgIpc) is 3.00. The molecule has 1 atom stereocenters. The summed E-state index contributed by atoms with van der Waals surface area (Å²) in [4.78, 5) is 19.1. The van der Waals surface area contributed by atoms with Crippen LogP contribution < -0.4 is 0 Å². The molecule has 22 heavy (non-hydrogen) atoms. The number of aromatic nitrogens is 1. The van der Waals surface area contributed by atoms with Gasteiger partial charge in [-0.15, -0.1) is 0 Å². The Morgan fingerprint density at radius 1 is 1.41 bits per heavy atom. The zero-order chi connectivity index (χ0) is 15.4. The molecule has 1 aliphatic rings. The summed E-state index contributed by atoms with van der Waals surface area (Å²) >= 11 is 1.65. The Morgan fingerprint density at radius 2 is 2.32 bits per heavy atom. The maximum absolute atomic E-state index is 12.4. The van der Waals surface area contributed by atoms with Crippen molar-refractivity contribution in [2.45, 2.75) is 32.6 Å². The van der Waals surface area contributed by atoms with Gasteiger partial charge in [0.1, 0.15) is 0 Å². The number of nitrogens with zero attached hydrogens (tertiary/aromatic N) is 2. The van der Waals surface area contributed by atoms with Crippen LogP contribution in [0, 0.1) is 12.8 Å². The summed E-state index contributed by atoms with van der Waals surface area (Å²) in [5.41, 5.74) is 3.35. The second kappa shape index (κ2) is 7.05. The third-order valence-corrected chi connectivity index (χ3v) is 4.98. The summed E-state index contributed by atoms with van der Waals surface area (Å²) in [6.45, 7) is 3.81. The number of carbonyl (C=O) groups is 1. The number of hydrogen-bond donors (Lipinski definition) is 0. The van der Waals surface area contributed by atoms with Crippen molar-refractivity contribution in [3.63, 3.8) is 0 Å². The Hall–Kier alpha value is -1.68. The zero-order valence-electron chi connectivity index (χ0n) is 13.0. The third-order valence-electron chi connectivity index (χ3n) is 4.25. The van der Waals surface area contributed by atoms with Crippen LogP contribution >= 0.6 is 11.3 Å². The van der Waals surface area contributed by atoms with Crippen molar-refractivity contribution in [3.8, 4) is 0 Å². The van der Waals surface area contributed by atoms with Crippen molar-refractivity contribution in [1.29, 1.82) is 0 Å². The number of piperidine rings is 1. The Balaban J connectivity index is 1.58. The molecule has 0 aliphatic carbocycles. The maximum atomic E-state index is 12.4. The van der Waals surface area contributed by atoms with Gasteiger partial charge in [-0.1, -0.05) is 6.07 Å². The van der Waals surface area contributed by atoms with Crippen LogP contribution in [0.3, 0.4) is 0 Å². The average molecular weight is 314 g/mol. The molecule has 0 spiro atoms. The van der Waals surface area contributed by atoms with Crippen molar-refractivity contribution >= 4 is 17.2 Å². The van der Waals surface area contributed by atoms with Gasteiger partial charge in [0.15, 0.2) is 0 Å². The van der Waals surface area contributed by atoms with Crippen molar-refractivity contribution in [2.75, 3.05) is 13.1 Å². The Kier molecular flexibility index (Phi) is 4.88. The molecule has 3 rings (SSSR count). The first-order valence-electron chi connectivity index (χ1n) is 7.92. The molecule has 1 fully saturated rings. The summed E-state index contributed by atoms with van der Waals surface area (Å²) in [5, 5.41) is 4.10. The van der Waals surface area contributed by atoms with Gasteiger partial charge in [-0.3, -0.25) is 9.78 Å². The van der Waals surface area contributed by atoms with Crippen LogP contribution in [-0.4, -0.2) is 28.9 Å². The number of amides is 1. The minimum Gasteiger partial charge on any atom is -0.342 e. The van der Waals surface area contributed by atoms with E-state index in [0.29, 0.717) is 12.3 Å². The van der Waals surface area contributed by atoms with Crippen LogP contribution in [0.2, 0.25) is 0 Å². The maximum Gasteiger partial charge on any atom is 0.227 e. The lowest BCUT2D eigenvalue weighted by atomic mass is 9.92. The van der Waals surface area contributed by atoms with Gasteiger partial charge >= 0.3 is 0 Å². The first kappa shape index (κ1) is 15.2. The second-order valence-electron chi connectivity index (χ2n) is 6.13. The molecule has 0 bridgehead atoms. The highest BCUT2D eigenvalue weighted by Gasteiger charge is 2.24. The molecule has 3 nitrogen and oxygen atoms in total. The smallest absolute Gasteiger partial charge is 0.227 e. The number of carbonyl (C=O) groups excluding carboxylic acids is 1. The van der Waals surface area contributed by atoms with Crippen molar-refractivity contribution in [1.82, 2.24) is 9.88 Å². The fourth-order valence-electron chi connectivity index (χ4n) is 3.15. The van der Waals surface area contributed by atoms with Crippen LogP contribution in [0.15, 0.2) is 35.0 Å². The summed E-state index contributed by atoms with van der Waals surface area (Å²) in [6.07, 6.45) is 3.81. The molecule has 3 heterocycles. The predicted molar refractivity (Wildman–Crippen MR) is 90.0 cm³/mol. The molecule has 0 N–H and O–H groups in total. The molecule has 2 aromatic heterocycles. The highest BCUT2D eigenvalue weighted by Crippen LogP contribution is 2.21. The van der Waals surface area contributed by atoms with Gasteiger partial charge in [-0.2, -0.15) is 11.3 Å². The number of thiophene rings is 1. The quantitative estimate of drug-likeness (QED) is 0.865. The van der Waals surface area contributed by atoms with Crippen LogP contribution in [-0.2, 0) is 17.6 Å². The molecule has 1 aliphatic heterocycles. The summed E-state index contributed by atoms with van der Waals surface area (Å²) < 4.78 is 0. The number of hydrogen-bond acceptors (Lipinski definition) is 3. The molecule has 4 heteroatoms. The van der Waals surface area contributed by atoms with E-state index in [0.717, 1.165) is 42.9 Å². The van der Waals surface area contributed by atoms with Gasteiger partial charge in [0.05, 0.1) is 6.42 Å². The highest BCUT2D eigenvalue weighted by atomic mass is 32.1. The van der Waals surface area contributed by atoms with Crippen molar-refractivity contribution in [2.24, 2.45) is 5.92 Å². The first-order chi connectivity index (χ1) is 10.7. The molecule has 0 radical (unpaired) electrons. The lowest BCUT2D eigenvalue weighted by Crippen LogP contribution is -2.41. The molecule has 1 saturated heterocycles. The number of rotatable bonds is 4. The molecule has 116 valence electrons. The minimum absolute atomic E-state index is 0.264. The fourth-order valence-corrected chi connectivity index (χ4v) is 3.82. The summed E-state index contributed by atoms with van der Waals surface area (Å²) in [5.74, 6) is 0.801. The van der Waals surface area contributed by atoms with E-state index >= 15 is 0 Å². The SMILES string of the molecule is Cc1cccc(C[C@@H]2CCCN(C(=O)Cc3ccsc3)C2)n1. The van der Waals surface area contributed by atoms with Crippen LogP contribution in [0.25, 0.3) is 0 Å². The molecule has 0 unspecified atom stereocenters. The number of aryl methyl sites for hydroxylation is 1. The summed E-state index contributed by atoms with van der Waals surface area (Å²) in [6, 6.07) is 8.24. The largest absolute Gasteiger partial charge is 0.342 e. The normalized spacial score (nSPS) is 18.4. The molecular formula is C18H22N2OS. The lowest BCUT2D eigenvalue weighted by Gasteiger charge is -2.32. The van der Waals surface area contributed by atoms with Gasteiger partial charge < -0.3 is 4.90 Å². The van der Waals surface area contributed by atoms with Gasteiger partial charge in [0, 0.05) is 24.5 Å². The van der Waals surface area contributed by atoms with Gasteiger partial charge in [-0.25, -0.2) is 0 Å². The van der Waals surface area contributed by atoms with Crippen molar-refractivity contribution < 1.29 is 4.79 Å². The first-order valence-corrected chi connectivity index (χ1v) is 8.86. The molecular weight excluding hydrogens is 292 g/mol. The van der Waals surface area contributed by atoms with Gasteiger partial charge in [0.25, 0.3) is 0 Å². The second-order valence-corrected chi connectivity index (χ2v) is 6.91. The van der Waals surface area contributed by atoms with E-state index in [9.17, 15) is 4.79 Å². The molecule has 1 amide bonds. The standard InChI is InChI=1S/C18H22N2OS/c1-14-4-2-6-17(19-14)10-15-5-3-8-20(12-15)18(21)11-16-7-9-22-13-16/h2,4,6-7,9,13,15H,3,5,8,10-12H2,1H3/t15-/m0/s1. The Morgan fingerprint density at radius 3 is 3.09 bits per heavy atom. The van der Waals surface area contributed by atoms with Crippen molar-refractivity contribution in [3.05, 3.63) is 52.0 Å². The highest BCUT2D eigenvalue weighted by molar-refractivity contribution is 7.07. The molecule has 2 aromatic rings. The van der Waals surface area contributed by atoms with E-state index in [1.165, 1.54) is 6.42 Å². The number of likely N-dealkylation sites (tertiary alicyclic amines) is 1. The van der Waals surface area contributed by atoms with E-state index in [4.69, 9.17) is 0 Å². The van der Waals surface area contributed by atoms with E-state index in [1.54, 1.807) is 11.3 Å². The van der Waals surface area contributed by atoms with E-state index in [2.05, 4.69) is 22.5 Å². The lowest BCUT2D eigenvalue weighted by molar-refractivity contribution is -0.132. The topological polar surface area (TPSA) is 33.2 Å². The van der Waals surface area contributed by atoms with Crippen LogP contribution in [0.1, 0.15) is 29.8 Å². The van der Waals surface area contributed by atoms with E-state index in [-0.39, 0.29) is 5.91 Å². The Bertz CT molecular complexity index is 624. The third kappa shape index (κ3) is 3.95. The fraction of sp³-hybridized carbons (Fsp3) is 0.444. The zero-order valence-corrected chi connectivity index (χ0v) is 13.8. The van der Waals surface area contributed by atoms with Crippen LogP contribution in [0.4, 0.5) is 0 Å². The monoisotopic (exact) mass is 314 g/mol. The minimum atomic E-state index is 0.264. The van der Waals surface area contributed by atoms with Gasteiger partial charge in [-0.05, 0) is 66.6 Å². The van der Waals surface area contributed by atoms with E-state index in [1.807, 2.05) is 29.3 Å². The number of pyridine rings is 1. The summed E-state index contributed by atoms with van der Waals surface area (Å²) in [7, 11) is 0. The van der Waals surface area contributed by atoms with Gasteiger partial charge in [0.2, 0.25) is 5.91 Å². The Labute approximate surface area is 136 Å². The molecule has 0 saturated carbocycles. The predicted octanol–water partition coefficient (Wildman–Crippen LogP) is 3.48. The van der Waals surface area contributed by atoms with Crippen LogP contribution in [0.5, 0.6) is 0 Å². The molecule has 0 aromatic carbocycles.